The minimum Gasteiger partial charge on any atom is -0.382 e. The van der Waals surface area contributed by atoms with Crippen LogP contribution in [0.2, 0.25) is 0 Å². The van der Waals surface area contributed by atoms with Crippen LogP contribution in [-0.2, 0) is 25.7 Å². The van der Waals surface area contributed by atoms with Gasteiger partial charge in [-0.15, -0.1) is 0 Å². The van der Waals surface area contributed by atoms with E-state index in [0.29, 0.717) is 12.2 Å². The zero-order valence-electron chi connectivity index (χ0n) is 20.0. The van der Waals surface area contributed by atoms with Crippen LogP contribution in [0.25, 0.3) is 0 Å². The molecule has 0 saturated carbocycles. The van der Waals surface area contributed by atoms with Gasteiger partial charge in [-0.25, -0.2) is 13.8 Å². The third-order valence-electron chi connectivity index (χ3n) is 5.41. The summed E-state index contributed by atoms with van der Waals surface area (Å²) in [4.78, 5) is 30.3. The van der Waals surface area contributed by atoms with Gasteiger partial charge in [0.2, 0.25) is 0 Å². The molecule has 1 aliphatic heterocycles. The number of hydrogen-bond donors (Lipinski definition) is 4. The van der Waals surface area contributed by atoms with Crippen LogP contribution in [-0.4, -0.2) is 97.8 Å². The number of carbonyl (C=O) groups excluding carboxylic acids is 2. The number of carbonyl (C=O) groups is 2. The van der Waals surface area contributed by atoms with E-state index in [1.54, 1.807) is 0 Å². The number of rotatable bonds is 12. The standard InChI is InChI=1S/C21H28F4N8O4/c1-36-15(11-28-21(35)20(24)25)10-27-13-6-16(22)19(17(23)7-13)32-2-3-33(37-5-4-32)18(34)12-26-8-14-9-29-31-30-14/h6-7,9,15,20,26-27H,2-5,8,10-12H2,1H3,(H,28,35)(H,29,30,31)/t15-/m1/s1. The molecule has 1 atom stereocenters. The lowest BCUT2D eigenvalue weighted by Crippen LogP contribution is -2.40. The number of aromatic nitrogens is 3. The molecule has 3 rings (SSSR count). The van der Waals surface area contributed by atoms with E-state index in [2.05, 4.69) is 26.0 Å². The average molecular weight is 532 g/mol. The maximum Gasteiger partial charge on any atom is 0.315 e. The molecule has 16 heteroatoms. The van der Waals surface area contributed by atoms with Crippen LogP contribution in [0.4, 0.5) is 28.9 Å². The van der Waals surface area contributed by atoms with Crippen molar-refractivity contribution >= 4 is 23.2 Å². The molecule has 1 aliphatic rings. The van der Waals surface area contributed by atoms with Crippen molar-refractivity contribution in [2.45, 2.75) is 19.1 Å². The smallest absolute Gasteiger partial charge is 0.315 e. The summed E-state index contributed by atoms with van der Waals surface area (Å²) in [6.45, 7) is 0.485. The second kappa shape index (κ2) is 13.7. The fraction of sp³-hybridized carbons (Fsp3) is 0.524. The maximum atomic E-state index is 14.9. The zero-order valence-corrected chi connectivity index (χ0v) is 20.0. The number of ether oxygens (including phenoxy) is 1. The Morgan fingerprint density at radius 1 is 1.19 bits per heavy atom. The highest BCUT2D eigenvalue weighted by Gasteiger charge is 2.25. The molecule has 1 saturated heterocycles. The minimum absolute atomic E-state index is 0.00242. The molecule has 2 heterocycles. The highest BCUT2D eigenvalue weighted by molar-refractivity contribution is 5.79. The Hall–Kier alpha value is -3.50. The molecule has 4 N–H and O–H groups in total. The monoisotopic (exact) mass is 532 g/mol. The largest absolute Gasteiger partial charge is 0.382 e. The first kappa shape index (κ1) is 28.1. The van der Waals surface area contributed by atoms with Gasteiger partial charge in [-0.2, -0.15) is 24.2 Å². The number of H-pyrrole nitrogens is 1. The summed E-state index contributed by atoms with van der Waals surface area (Å²) in [5, 5.41) is 18.9. The van der Waals surface area contributed by atoms with E-state index in [1.807, 2.05) is 5.32 Å². The molecule has 0 unspecified atom stereocenters. The highest BCUT2D eigenvalue weighted by Crippen LogP contribution is 2.28. The van der Waals surface area contributed by atoms with Crippen LogP contribution >= 0.6 is 0 Å². The number of hydroxylamine groups is 2. The summed E-state index contributed by atoms with van der Waals surface area (Å²) in [5.41, 5.74) is 0.470. The van der Waals surface area contributed by atoms with Crippen molar-refractivity contribution in [1.29, 1.82) is 0 Å². The predicted octanol–water partition coefficient (Wildman–Crippen LogP) is 0.261. The Kier molecular flexibility index (Phi) is 10.4. The van der Waals surface area contributed by atoms with E-state index >= 15 is 0 Å². The van der Waals surface area contributed by atoms with Crippen LogP contribution in [0.5, 0.6) is 0 Å². The number of nitrogens with one attached hydrogen (secondary N) is 4. The van der Waals surface area contributed by atoms with Crippen LogP contribution in [0, 0.1) is 11.6 Å². The summed E-state index contributed by atoms with van der Waals surface area (Å²) >= 11 is 0. The molecule has 0 radical (unpaired) electrons. The summed E-state index contributed by atoms with van der Waals surface area (Å²) in [7, 11) is 1.31. The number of anilines is 2. The molecule has 0 spiro atoms. The van der Waals surface area contributed by atoms with Gasteiger partial charge in [0.1, 0.15) is 5.69 Å². The first-order chi connectivity index (χ1) is 17.8. The third-order valence-corrected chi connectivity index (χ3v) is 5.41. The first-order valence-electron chi connectivity index (χ1n) is 11.3. The summed E-state index contributed by atoms with van der Waals surface area (Å²) < 4.78 is 59.5. The van der Waals surface area contributed by atoms with Gasteiger partial charge in [-0.1, -0.05) is 0 Å². The molecule has 1 fully saturated rings. The van der Waals surface area contributed by atoms with Gasteiger partial charge < -0.3 is 25.6 Å². The molecule has 2 amide bonds. The summed E-state index contributed by atoms with van der Waals surface area (Å²) in [6.07, 6.45) is -2.35. The molecule has 1 aromatic carbocycles. The summed E-state index contributed by atoms with van der Waals surface area (Å²) in [5.74, 6) is -3.45. The molecule has 204 valence electrons. The number of methoxy groups -OCH3 is 1. The van der Waals surface area contributed by atoms with Crippen LogP contribution in [0.15, 0.2) is 18.3 Å². The van der Waals surface area contributed by atoms with Crippen LogP contribution < -0.4 is 20.9 Å². The van der Waals surface area contributed by atoms with Gasteiger partial charge in [0.25, 0.3) is 11.8 Å². The predicted molar refractivity (Wildman–Crippen MR) is 123 cm³/mol. The molecule has 12 nitrogen and oxygen atoms in total. The number of benzene rings is 1. The number of amides is 2. The van der Waals surface area contributed by atoms with Crippen molar-refractivity contribution < 1.29 is 36.7 Å². The highest BCUT2D eigenvalue weighted by atomic mass is 19.3. The van der Waals surface area contributed by atoms with Crippen molar-refractivity contribution in [3.63, 3.8) is 0 Å². The Balaban J connectivity index is 1.52. The SMILES string of the molecule is CO[C@@H](CNC(=O)C(F)F)CNc1cc(F)c(N2CCON(C(=O)CNCc3cn[nH]n3)CC2)c(F)c1. The van der Waals surface area contributed by atoms with Gasteiger partial charge in [0.15, 0.2) is 11.6 Å². The van der Waals surface area contributed by atoms with Crippen molar-refractivity contribution in [3.8, 4) is 0 Å². The Morgan fingerprint density at radius 2 is 1.95 bits per heavy atom. The lowest BCUT2D eigenvalue weighted by atomic mass is 10.2. The van der Waals surface area contributed by atoms with E-state index in [9.17, 15) is 27.2 Å². The third kappa shape index (κ3) is 8.26. The Labute approximate surface area is 209 Å². The van der Waals surface area contributed by atoms with Gasteiger partial charge >= 0.3 is 6.43 Å². The lowest BCUT2D eigenvalue weighted by molar-refractivity contribution is -0.180. The first-order valence-corrected chi connectivity index (χ1v) is 11.3. The van der Waals surface area contributed by atoms with E-state index in [0.717, 1.165) is 17.2 Å². The van der Waals surface area contributed by atoms with E-state index in [-0.39, 0.29) is 63.2 Å². The fourth-order valence-corrected chi connectivity index (χ4v) is 3.50. The molecule has 2 aromatic rings. The van der Waals surface area contributed by atoms with E-state index in [4.69, 9.17) is 9.57 Å². The molecule has 0 bridgehead atoms. The van der Waals surface area contributed by atoms with Gasteiger partial charge in [-0.05, 0) is 12.1 Å². The summed E-state index contributed by atoms with van der Waals surface area (Å²) in [6, 6.07) is 2.18. The minimum atomic E-state index is -3.15. The second-order valence-corrected chi connectivity index (χ2v) is 7.95. The van der Waals surface area contributed by atoms with Gasteiger partial charge in [0, 0.05) is 45.5 Å². The molecular formula is C21H28F4N8O4. The van der Waals surface area contributed by atoms with E-state index in [1.165, 1.54) is 18.2 Å². The van der Waals surface area contributed by atoms with E-state index < -0.39 is 30.1 Å². The number of hydrogen-bond acceptors (Lipinski definition) is 9. The topological polar surface area (TPSA) is 137 Å². The second-order valence-electron chi connectivity index (χ2n) is 7.95. The molecule has 1 aromatic heterocycles. The molecular weight excluding hydrogens is 504 g/mol. The number of aromatic amines is 1. The van der Waals surface area contributed by atoms with Crippen molar-refractivity contribution in [2.24, 2.45) is 0 Å². The lowest BCUT2D eigenvalue weighted by Gasteiger charge is -2.24. The average Bonchev–Trinajstić information content (AvgIpc) is 3.26. The van der Waals surface area contributed by atoms with Gasteiger partial charge in [0.05, 0.1) is 37.7 Å². The Bertz CT molecular complexity index is 1010. The zero-order chi connectivity index (χ0) is 26.8. The Morgan fingerprint density at radius 3 is 2.59 bits per heavy atom. The van der Waals surface area contributed by atoms with Crippen molar-refractivity contribution in [3.05, 3.63) is 35.7 Å². The normalized spacial score (nSPS) is 15.0. The number of alkyl halides is 2. The number of halogens is 4. The van der Waals surface area contributed by atoms with Gasteiger partial charge in [-0.3, -0.25) is 14.4 Å². The van der Waals surface area contributed by atoms with Crippen LogP contribution in [0.1, 0.15) is 5.69 Å². The number of nitrogens with zero attached hydrogens (tertiary/aromatic N) is 4. The van der Waals surface area contributed by atoms with Crippen molar-refractivity contribution in [2.75, 3.05) is 63.2 Å². The quantitative estimate of drug-likeness (QED) is 0.284. The maximum absolute atomic E-state index is 14.9. The molecule has 37 heavy (non-hydrogen) atoms. The molecule has 0 aliphatic carbocycles. The fourth-order valence-electron chi connectivity index (χ4n) is 3.50. The van der Waals surface area contributed by atoms with Crippen molar-refractivity contribution in [1.82, 2.24) is 31.1 Å². The van der Waals surface area contributed by atoms with Crippen LogP contribution in [0.3, 0.4) is 0 Å².